The Morgan fingerprint density at radius 3 is 2.71 bits per heavy atom. The standard InChI is InChI=1S/C23H25F2N3O3/c1-30-22-13-21(25)20(24)12-19(22)17-5-7-18(8-6-17)31-15-16-4-2-11-28(14-16)23(29)27-10-3-9-26/h5-8,12-13,16H,2-4,10-11,14-15H2,1H3,(H,27,29). The number of carbonyl (C=O) groups excluding carboxylic acids is 1. The molecule has 0 spiro atoms. The van der Waals surface area contributed by atoms with E-state index in [1.54, 1.807) is 29.2 Å². The van der Waals surface area contributed by atoms with Crippen molar-refractivity contribution in [2.75, 3.05) is 33.4 Å². The van der Waals surface area contributed by atoms with Gasteiger partial charge in [-0.25, -0.2) is 13.6 Å². The Morgan fingerprint density at radius 2 is 2.00 bits per heavy atom. The number of benzene rings is 2. The molecule has 2 aromatic rings. The number of piperidine rings is 1. The van der Waals surface area contributed by atoms with E-state index in [1.807, 2.05) is 6.07 Å². The molecular weight excluding hydrogens is 404 g/mol. The minimum Gasteiger partial charge on any atom is -0.496 e. The average Bonchev–Trinajstić information content (AvgIpc) is 2.80. The first-order chi connectivity index (χ1) is 15.0. The lowest BCUT2D eigenvalue weighted by Crippen LogP contribution is -2.46. The molecule has 0 bridgehead atoms. The molecule has 1 saturated heterocycles. The predicted octanol–water partition coefficient (Wildman–Crippen LogP) is 4.35. The van der Waals surface area contributed by atoms with Crippen molar-refractivity contribution in [3.05, 3.63) is 48.0 Å². The zero-order valence-corrected chi connectivity index (χ0v) is 17.4. The molecule has 1 N–H and O–H groups in total. The predicted molar refractivity (Wildman–Crippen MR) is 112 cm³/mol. The van der Waals surface area contributed by atoms with Crippen LogP contribution in [0, 0.1) is 28.9 Å². The molecule has 1 fully saturated rings. The van der Waals surface area contributed by atoms with Crippen molar-refractivity contribution in [3.63, 3.8) is 0 Å². The van der Waals surface area contributed by atoms with Gasteiger partial charge < -0.3 is 19.7 Å². The van der Waals surface area contributed by atoms with Crippen LogP contribution in [0.15, 0.2) is 36.4 Å². The Bertz CT molecular complexity index is 944. The quantitative estimate of drug-likeness (QED) is 0.664. The maximum atomic E-state index is 13.7. The van der Waals surface area contributed by atoms with E-state index in [0.29, 0.717) is 49.5 Å². The number of methoxy groups -OCH3 is 1. The largest absolute Gasteiger partial charge is 0.496 e. The van der Waals surface area contributed by atoms with E-state index in [0.717, 1.165) is 25.0 Å². The summed E-state index contributed by atoms with van der Waals surface area (Å²) in [6.07, 6.45) is 2.15. The molecule has 164 valence electrons. The van der Waals surface area contributed by atoms with Crippen LogP contribution in [0.4, 0.5) is 13.6 Å². The van der Waals surface area contributed by atoms with E-state index >= 15 is 0 Å². The summed E-state index contributed by atoms with van der Waals surface area (Å²) in [7, 11) is 1.41. The van der Waals surface area contributed by atoms with Crippen molar-refractivity contribution in [3.8, 4) is 28.7 Å². The molecule has 0 aromatic heterocycles. The Labute approximate surface area is 180 Å². The Kier molecular flexibility index (Phi) is 7.65. The van der Waals surface area contributed by atoms with Gasteiger partial charge in [0.15, 0.2) is 11.6 Å². The van der Waals surface area contributed by atoms with Crippen LogP contribution in [-0.4, -0.2) is 44.3 Å². The summed E-state index contributed by atoms with van der Waals surface area (Å²) < 4.78 is 38.2. The SMILES string of the molecule is COc1cc(F)c(F)cc1-c1ccc(OCC2CCCN(C(=O)NCCC#N)C2)cc1. The summed E-state index contributed by atoms with van der Waals surface area (Å²) in [5, 5.41) is 11.3. The molecule has 8 heteroatoms. The minimum absolute atomic E-state index is 0.148. The van der Waals surface area contributed by atoms with Crippen molar-refractivity contribution in [2.24, 2.45) is 5.92 Å². The van der Waals surface area contributed by atoms with Gasteiger partial charge in [-0.15, -0.1) is 0 Å². The molecule has 31 heavy (non-hydrogen) atoms. The van der Waals surface area contributed by atoms with Crippen LogP contribution in [0.25, 0.3) is 11.1 Å². The summed E-state index contributed by atoms with van der Waals surface area (Å²) in [6.45, 7) is 2.11. The lowest BCUT2D eigenvalue weighted by molar-refractivity contribution is 0.137. The first-order valence-corrected chi connectivity index (χ1v) is 10.2. The van der Waals surface area contributed by atoms with E-state index < -0.39 is 11.6 Å². The molecule has 1 heterocycles. The summed E-state index contributed by atoms with van der Waals surface area (Å²) in [5.74, 6) is -0.777. The number of carbonyl (C=O) groups is 1. The summed E-state index contributed by atoms with van der Waals surface area (Å²) in [5.41, 5.74) is 1.14. The van der Waals surface area contributed by atoms with Gasteiger partial charge in [0.1, 0.15) is 11.5 Å². The number of likely N-dealkylation sites (tertiary alicyclic amines) is 1. The van der Waals surface area contributed by atoms with Gasteiger partial charge in [-0.1, -0.05) is 12.1 Å². The molecule has 3 rings (SSSR count). The van der Waals surface area contributed by atoms with Crippen molar-refractivity contribution in [2.45, 2.75) is 19.3 Å². The summed E-state index contributed by atoms with van der Waals surface area (Å²) in [4.78, 5) is 13.9. The zero-order chi connectivity index (χ0) is 22.2. The van der Waals surface area contributed by atoms with E-state index in [2.05, 4.69) is 5.32 Å². The molecule has 6 nitrogen and oxygen atoms in total. The third-order valence-electron chi connectivity index (χ3n) is 5.21. The van der Waals surface area contributed by atoms with Crippen molar-refractivity contribution in [1.29, 1.82) is 5.26 Å². The first kappa shape index (κ1) is 22.3. The van der Waals surface area contributed by atoms with Crippen LogP contribution >= 0.6 is 0 Å². The van der Waals surface area contributed by atoms with Crippen LogP contribution in [0.1, 0.15) is 19.3 Å². The maximum absolute atomic E-state index is 13.7. The number of rotatable bonds is 7. The monoisotopic (exact) mass is 429 g/mol. The number of halogens is 2. The van der Waals surface area contributed by atoms with Crippen LogP contribution in [-0.2, 0) is 0 Å². The molecule has 1 aliphatic heterocycles. The molecular formula is C23H25F2N3O3. The second-order valence-electron chi connectivity index (χ2n) is 7.40. The van der Waals surface area contributed by atoms with Gasteiger partial charge in [-0.05, 0) is 36.6 Å². The normalized spacial score (nSPS) is 15.8. The number of nitriles is 1. The highest BCUT2D eigenvalue weighted by atomic mass is 19.2. The molecule has 0 saturated carbocycles. The van der Waals surface area contributed by atoms with Gasteiger partial charge in [0, 0.05) is 37.2 Å². The van der Waals surface area contributed by atoms with Crippen LogP contribution in [0.3, 0.4) is 0 Å². The maximum Gasteiger partial charge on any atom is 0.317 e. The van der Waals surface area contributed by atoms with Gasteiger partial charge in [-0.3, -0.25) is 0 Å². The molecule has 2 amide bonds. The number of amides is 2. The number of hydrogen-bond acceptors (Lipinski definition) is 4. The molecule has 2 aromatic carbocycles. The van der Waals surface area contributed by atoms with Gasteiger partial charge in [0.05, 0.1) is 26.2 Å². The third kappa shape index (κ3) is 5.85. The summed E-state index contributed by atoms with van der Waals surface area (Å²) >= 11 is 0. The van der Waals surface area contributed by atoms with E-state index in [-0.39, 0.29) is 17.7 Å². The fourth-order valence-electron chi connectivity index (χ4n) is 3.59. The molecule has 1 unspecified atom stereocenters. The highest BCUT2D eigenvalue weighted by Crippen LogP contribution is 2.33. The molecule has 0 radical (unpaired) electrons. The number of hydrogen-bond donors (Lipinski definition) is 1. The lowest BCUT2D eigenvalue weighted by Gasteiger charge is -2.32. The number of urea groups is 1. The van der Waals surface area contributed by atoms with Crippen molar-refractivity contribution < 1.29 is 23.0 Å². The molecule has 1 aliphatic rings. The van der Waals surface area contributed by atoms with Gasteiger partial charge in [0.2, 0.25) is 0 Å². The number of nitrogens with one attached hydrogen (secondary N) is 1. The van der Waals surface area contributed by atoms with Crippen molar-refractivity contribution in [1.82, 2.24) is 10.2 Å². The second-order valence-corrected chi connectivity index (χ2v) is 7.40. The Balaban J connectivity index is 1.57. The minimum atomic E-state index is -0.958. The third-order valence-corrected chi connectivity index (χ3v) is 5.21. The highest BCUT2D eigenvalue weighted by Gasteiger charge is 2.24. The lowest BCUT2D eigenvalue weighted by atomic mass is 9.99. The smallest absolute Gasteiger partial charge is 0.317 e. The van der Waals surface area contributed by atoms with Gasteiger partial charge >= 0.3 is 6.03 Å². The fourth-order valence-corrected chi connectivity index (χ4v) is 3.59. The van der Waals surface area contributed by atoms with E-state index in [9.17, 15) is 13.6 Å². The van der Waals surface area contributed by atoms with E-state index in [4.69, 9.17) is 14.7 Å². The molecule has 1 atom stereocenters. The van der Waals surface area contributed by atoms with Gasteiger partial charge in [0.25, 0.3) is 0 Å². The van der Waals surface area contributed by atoms with E-state index in [1.165, 1.54) is 7.11 Å². The highest BCUT2D eigenvalue weighted by molar-refractivity contribution is 5.74. The Morgan fingerprint density at radius 1 is 1.26 bits per heavy atom. The topological polar surface area (TPSA) is 74.6 Å². The van der Waals surface area contributed by atoms with Crippen LogP contribution in [0.2, 0.25) is 0 Å². The van der Waals surface area contributed by atoms with Crippen molar-refractivity contribution >= 4 is 6.03 Å². The number of nitrogens with zero attached hydrogens (tertiary/aromatic N) is 2. The number of ether oxygens (including phenoxy) is 2. The Hall–Kier alpha value is -3.34. The van der Waals surface area contributed by atoms with Crippen LogP contribution in [0.5, 0.6) is 11.5 Å². The fraction of sp³-hybridized carbons (Fsp3) is 0.391. The molecule has 0 aliphatic carbocycles. The second kappa shape index (κ2) is 10.6. The first-order valence-electron chi connectivity index (χ1n) is 10.2. The zero-order valence-electron chi connectivity index (χ0n) is 17.4. The average molecular weight is 429 g/mol. The van der Waals surface area contributed by atoms with Crippen LogP contribution < -0.4 is 14.8 Å². The summed E-state index contributed by atoms with van der Waals surface area (Å²) in [6, 6.07) is 11.1. The van der Waals surface area contributed by atoms with Gasteiger partial charge in [-0.2, -0.15) is 5.26 Å².